The van der Waals surface area contributed by atoms with Crippen molar-refractivity contribution < 1.29 is 4.74 Å². The number of hydrogen-bond donors (Lipinski definition) is 0. The first-order chi connectivity index (χ1) is 10.3. The van der Waals surface area contributed by atoms with Gasteiger partial charge >= 0.3 is 0 Å². The van der Waals surface area contributed by atoms with Crippen molar-refractivity contribution in [1.82, 2.24) is 4.90 Å². The van der Waals surface area contributed by atoms with E-state index in [1.165, 1.54) is 22.1 Å². The van der Waals surface area contributed by atoms with Crippen LogP contribution in [0.25, 0.3) is 0 Å². The Bertz CT molecular complexity index is 612. The summed E-state index contributed by atoms with van der Waals surface area (Å²) in [6, 6.07) is 17.5. The second kappa shape index (κ2) is 5.32. The third-order valence-electron chi connectivity index (χ3n) is 4.64. The Kier molecular flexibility index (Phi) is 3.32. The first kappa shape index (κ1) is 13.1. The first-order valence-electron chi connectivity index (χ1n) is 7.66. The Morgan fingerprint density at radius 1 is 1.00 bits per heavy atom. The molecule has 0 aliphatic carbocycles. The minimum absolute atomic E-state index is 0.236. The molecule has 1 atom stereocenters. The van der Waals surface area contributed by atoms with Crippen molar-refractivity contribution in [3.8, 4) is 0 Å². The summed E-state index contributed by atoms with van der Waals surface area (Å²) in [5, 5.41) is 0. The van der Waals surface area contributed by atoms with Crippen LogP contribution in [0.4, 0.5) is 0 Å². The van der Waals surface area contributed by atoms with E-state index in [2.05, 4.69) is 67.8 Å². The van der Waals surface area contributed by atoms with E-state index >= 15 is 0 Å². The van der Waals surface area contributed by atoms with Gasteiger partial charge in [-0.2, -0.15) is 0 Å². The summed E-state index contributed by atoms with van der Waals surface area (Å²) in [7, 11) is 4.48. The Hall–Kier alpha value is -1.58. The van der Waals surface area contributed by atoms with E-state index in [1.54, 1.807) is 0 Å². The zero-order chi connectivity index (χ0) is 14.2. The van der Waals surface area contributed by atoms with Gasteiger partial charge in [0.15, 0.2) is 7.28 Å². The van der Waals surface area contributed by atoms with E-state index in [-0.39, 0.29) is 6.10 Å². The molecule has 2 nitrogen and oxygen atoms in total. The molecular weight excluding hydrogens is 257 g/mol. The molecule has 2 aromatic rings. The topological polar surface area (TPSA) is 12.5 Å². The highest BCUT2D eigenvalue weighted by Gasteiger charge is 2.34. The van der Waals surface area contributed by atoms with Crippen LogP contribution in [0.1, 0.15) is 17.0 Å². The number of hydrogen-bond acceptors (Lipinski definition) is 2. The van der Waals surface area contributed by atoms with E-state index in [1.807, 2.05) is 0 Å². The van der Waals surface area contributed by atoms with Gasteiger partial charge in [-0.15, -0.1) is 0 Å². The molecule has 1 saturated heterocycles. The predicted octanol–water partition coefficient (Wildman–Crippen LogP) is 1.12. The number of morpholine rings is 1. The SMILES string of the molecule is CN1CCOC(C2c3ccccc3[B]c3ccccc32)C1. The molecule has 0 N–H and O–H groups in total. The fourth-order valence-corrected chi connectivity index (χ4v) is 3.60. The van der Waals surface area contributed by atoms with Gasteiger partial charge in [0.05, 0.1) is 12.7 Å². The van der Waals surface area contributed by atoms with Gasteiger partial charge in [-0.3, -0.25) is 0 Å². The van der Waals surface area contributed by atoms with Crippen molar-refractivity contribution >= 4 is 18.2 Å². The lowest BCUT2D eigenvalue weighted by molar-refractivity contribution is -0.0271. The van der Waals surface area contributed by atoms with Gasteiger partial charge in [0, 0.05) is 19.0 Å². The van der Waals surface area contributed by atoms with Gasteiger partial charge in [-0.1, -0.05) is 59.5 Å². The average Bonchev–Trinajstić information content (AvgIpc) is 2.52. The third-order valence-corrected chi connectivity index (χ3v) is 4.64. The van der Waals surface area contributed by atoms with E-state index in [9.17, 15) is 0 Å². The molecule has 21 heavy (non-hydrogen) atoms. The molecule has 1 radical (unpaired) electrons. The van der Waals surface area contributed by atoms with Crippen LogP contribution in [0.15, 0.2) is 48.5 Å². The van der Waals surface area contributed by atoms with E-state index < -0.39 is 0 Å². The second-order valence-corrected chi connectivity index (χ2v) is 6.05. The largest absolute Gasteiger partial charge is 0.375 e. The lowest BCUT2D eigenvalue weighted by Gasteiger charge is -2.39. The Balaban J connectivity index is 1.81. The van der Waals surface area contributed by atoms with Crippen molar-refractivity contribution in [3.63, 3.8) is 0 Å². The van der Waals surface area contributed by atoms with Crippen LogP contribution < -0.4 is 10.9 Å². The molecule has 0 bridgehead atoms. The molecule has 0 amide bonds. The molecule has 2 aliphatic heterocycles. The number of likely N-dealkylation sites (N-methyl/N-ethyl adjacent to an activating group) is 1. The summed E-state index contributed by atoms with van der Waals surface area (Å²) < 4.78 is 6.15. The number of fused-ring (bicyclic) bond motifs is 2. The molecule has 1 fully saturated rings. The quantitative estimate of drug-likeness (QED) is 0.724. The molecule has 4 rings (SSSR count). The smallest absolute Gasteiger partial charge is 0.192 e. The maximum absolute atomic E-state index is 6.15. The molecular formula is C18H19BNO. The summed E-state index contributed by atoms with van der Waals surface area (Å²) in [5.74, 6) is 0.338. The minimum atomic E-state index is 0.236. The molecule has 2 aliphatic rings. The van der Waals surface area contributed by atoms with Gasteiger partial charge in [-0.05, 0) is 18.2 Å². The van der Waals surface area contributed by atoms with Crippen LogP contribution in [-0.2, 0) is 4.74 Å². The molecule has 0 spiro atoms. The van der Waals surface area contributed by atoms with Crippen LogP contribution in [0.2, 0.25) is 0 Å². The van der Waals surface area contributed by atoms with Gasteiger partial charge < -0.3 is 9.64 Å². The summed E-state index contributed by atoms with van der Waals surface area (Å²) >= 11 is 0. The van der Waals surface area contributed by atoms with Gasteiger partial charge in [0.2, 0.25) is 0 Å². The van der Waals surface area contributed by atoms with Gasteiger partial charge in [0.1, 0.15) is 0 Å². The number of nitrogens with zero attached hydrogens (tertiary/aromatic N) is 1. The molecule has 2 heterocycles. The van der Waals surface area contributed by atoms with Crippen molar-refractivity contribution in [3.05, 3.63) is 59.7 Å². The first-order valence-corrected chi connectivity index (χ1v) is 7.66. The highest BCUT2D eigenvalue weighted by Crippen LogP contribution is 2.31. The molecule has 105 valence electrons. The fourth-order valence-electron chi connectivity index (χ4n) is 3.60. The summed E-state index contributed by atoms with van der Waals surface area (Å²) in [6.45, 7) is 2.84. The van der Waals surface area contributed by atoms with Crippen LogP contribution in [-0.4, -0.2) is 45.0 Å². The number of rotatable bonds is 1. The van der Waals surface area contributed by atoms with Crippen LogP contribution in [0, 0.1) is 0 Å². The molecule has 0 saturated carbocycles. The second-order valence-electron chi connectivity index (χ2n) is 6.05. The monoisotopic (exact) mass is 276 g/mol. The zero-order valence-corrected chi connectivity index (χ0v) is 12.3. The summed E-state index contributed by atoms with van der Waals surface area (Å²) in [4.78, 5) is 2.37. The van der Waals surface area contributed by atoms with Crippen LogP contribution in [0.3, 0.4) is 0 Å². The standard InChI is InChI=1S/C18H19BNO/c1-20-10-11-21-17(12-20)18-13-6-2-4-8-15(13)19-16-9-5-3-7-14(16)18/h2-9,17-18H,10-12H2,1H3. The van der Waals surface area contributed by atoms with Gasteiger partial charge in [-0.25, -0.2) is 0 Å². The number of benzene rings is 2. The fraction of sp³-hybridized carbons (Fsp3) is 0.333. The Morgan fingerprint density at radius 3 is 2.24 bits per heavy atom. The van der Waals surface area contributed by atoms with Crippen molar-refractivity contribution in [2.45, 2.75) is 12.0 Å². The van der Waals surface area contributed by atoms with E-state index in [0.717, 1.165) is 19.7 Å². The molecule has 1 unspecified atom stereocenters. The third kappa shape index (κ3) is 2.31. The lowest BCUT2D eigenvalue weighted by atomic mass is 9.53. The normalized spacial score (nSPS) is 22.2. The van der Waals surface area contributed by atoms with E-state index in [0.29, 0.717) is 5.92 Å². The Labute approximate surface area is 127 Å². The predicted molar refractivity (Wildman–Crippen MR) is 87.0 cm³/mol. The molecule has 0 aromatic heterocycles. The van der Waals surface area contributed by atoms with Crippen molar-refractivity contribution in [2.75, 3.05) is 26.7 Å². The molecule has 3 heteroatoms. The average molecular weight is 276 g/mol. The summed E-state index contributed by atoms with van der Waals surface area (Å²) in [5.41, 5.74) is 5.46. The maximum Gasteiger partial charge on any atom is 0.192 e. The highest BCUT2D eigenvalue weighted by atomic mass is 16.5. The van der Waals surface area contributed by atoms with Crippen LogP contribution in [0.5, 0.6) is 0 Å². The van der Waals surface area contributed by atoms with Gasteiger partial charge in [0.25, 0.3) is 0 Å². The van der Waals surface area contributed by atoms with Crippen molar-refractivity contribution in [2.24, 2.45) is 0 Å². The van der Waals surface area contributed by atoms with E-state index in [4.69, 9.17) is 4.74 Å². The minimum Gasteiger partial charge on any atom is -0.375 e. The number of ether oxygens (including phenoxy) is 1. The lowest BCUT2D eigenvalue weighted by Crippen LogP contribution is -2.48. The molecule has 2 aromatic carbocycles. The Morgan fingerprint density at radius 2 is 1.62 bits per heavy atom. The maximum atomic E-state index is 6.15. The summed E-state index contributed by atoms with van der Waals surface area (Å²) in [6.07, 6.45) is 0.236. The highest BCUT2D eigenvalue weighted by molar-refractivity contribution is 6.69. The van der Waals surface area contributed by atoms with Crippen molar-refractivity contribution in [1.29, 1.82) is 0 Å². The zero-order valence-electron chi connectivity index (χ0n) is 12.3. The van der Waals surface area contributed by atoms with Crippen LogP contribution >= 0.6 is 0 Å².